The van der Waals surface area contributed by atoms with E-state index in [1.165, 1.54) is 12.4 Å². The number of rotatable bonds is 12. The topological polar surface area (TPSA) is 214 Å². The van der Waals surface area contributed by atoms with E-state index in [0.717, 1.165) is 0 Å². The second kappa shape index (κ2) is 14.1. The van der Waals surface area contributed by atoms with Gasteiger partial charge in [-0.3, -0.25) is 29.1 Å². The minimum atomic E-state index is -0.811. The number of nitrogen functional groups attached to an aromatic ring is 2. The number of esters is 2. The van der Waals surface area contributed by atoms with Gasteiger partial charge in [0.15, 0.2) is 23.0 Å². The molecule has 3 rings (SSSR count). The van der Waals surface area contributed by atoms with E-state index in [0.29, 0.717) is 11.1 Å². The third-order valence-electron chi connectivity index (χ3n) is 5.52. The molecule has 0 aliphatic heterocycles. The Morgan fingerprint density at radius 1 is 0.750 bits per heavy atom. The number of carbonyl (C=O) groups is 4. The molecule has 3 aromatic rings. The van der Waals surface area contributed by atoms with Crippen molar-refractivity contribution in [3.8, 4) is 0 Å². The summed E-state index contributed by atoms with van der Waals surface area (Å²) in [4.78, 5) is 66.5. The molecule has 2 amide bonds. The largest absolute Gasteiger partial charge is 0.466 e. The molecule has 3 aromatic heterocycles. The van der Waals surface area contributed by atoms with E-state index >= 15 is 0 Å². The highest BCUT2D eigenvalue weighted by Crippen LogP contribution is 2.21. The van der Waals surface area contributed by atoms with Crippen molar-refractivity contribution in [2.75, 3.05) is 24.7 Å². The molecule has 6 N–H and O–H groups in total. The van der Waals surface area contributed by atoms with Crippen LogP contribution in [0.25, 0.3) is 0 Å². The van der Waals surface area contributed by atoms with Crippen molar-refractivity contribution in [1.29, 1.82) is 0 Å². The SMILES string of the molecule is CCOC(=O)CC(NC(=O)c1nc(N)c(C(=O)NC(CC(=O)OCC)c2cccnc2)nc1N)c1cccnc1. The molecule has 40 heavy (non-hydrogen) atoms. The van der Waals surface area contributed by atoms with Gasteiger partial charge < -0.3 is 31.6 Å². The van der Waals surface area contributed by atoms with Gasteiger partial charge in [0.25, 0.3) is 11.8 Å². The van der Waals surface area contributed by atoms with Gasteiger partial charge in [0.05, 0.1) is 38.1 Å². The summed E-state index contributed by atoms with van der Waals surface area (Å²) in [5.74, 6) is -3.38. The molecule has 0 aliphatic carbocycles. The smallest absolute Gasteiger partial charge is 0.308 e. The Bertz CT molecular complexity index is 1240. The van der Waals surface area contributed by atoms with Gasteiger partial charge in [-0.1, -0.05) is 12.1 Å². The average molecular weight is 551 g/mol. The van der Waals surface area contributed by atoms with Crippen molar-refractivity contribution in [3.05, 3.63) is 71.6 Å². The van der Waals surface area contributed by atoms with Crippen molar-refractivity contribution < 1.29 is 28.7 Å². The maximum atomic E-state index is 13.1. The van der Waals surface area contributed by atoms with Crippen molar-refractivity contribution in [2.45, 2.75) is 38.8 Å². The maximum absolute atomic E-state index is 13.1. The van der Waals surface area contributed by atoms with Gasteiger partial charge in [0.2, 0.25) is 0 Å². The summed E-state index contributed by atoms with van der Waals surface area (Å²) in [7, 11) is 0. The highest BCUT2D eigenvalue weighted by atomic mass is 16.5. The first kappa shape index (κ1) is 29.4. The third-order valence-corrected chi connectivity index (χ3v) is 5.52. The van der Waals surface area contributed by atoms with Crippen molar-refractivity contribution in [1.82, 2.24) is 30.6 Å². The number of hydrogen-bond donors (Lipinski definition) is 4. The van der Waals surface area contributed by atoms with Gasteiger partial charge in [-0.05, 0) is 37.1 Å². The Kier molecular flexibility index (Phi) is 10.4. The molecule has 210 valence electrons. The van der Waals surface area contributed by atoms with Gasteiger partial charge in [0, 0.05) is 24.8 Å². The molecule has 0 radical (unpaired) electrons. The van der Waals surface area contributed by atoms with E-state index in [4.69, 9.17) is 20.9 Å². The van der Waals surface area contributed by atoms with E-state index in [2.05, 4.69) is 30.6 Å². The summed E-state index contributed by atoms with van der Waals surface area (Å²) in [6.45, 7) is 3.68. The van der Waals surface area contributed by atoms with Crippen LogP contribution in [0.4, 0.5) is 11.6 Å². The van der Waals surface area contributed by atoms with Crippen LogP contribution in [0.15, 0.2) is 49.1 Å². The van der Waals surface area contributed by atoms with Crippen LogP contribution in [0.5, 0.6) is 0 Å². The van der Waals surface area contributed by atoms with Gasteiger partial charge in [-0.25, -0.2) is 9.97 Å². The van der Waals surface area contributed by atoms with Crippen LogP contribution in [0, 0.1) is 0 Å². The minimum absolute atomic E-state index is 0.173. The monoisotopic (exact) mass is 550 g/mol. The fraction of sp³-hybridized carbons (Fsp3) is 0.308. The lowest BCUT2D eigenvalue weighted by molar-refractivity contribution is -0.144. The lowest BCUT2D eigenvalue weighted by atomic mass is 10.1. The fourth-order valence-electron chi connectivity index (χ4n) is 3.69. The summed E-state index contributed by atoms with van der Waals surface area (Å²) in [6, 6.07) is 5.05. The van der Waals surface area contributed by atoms with E-state index in [9.17, 15) is 19.2 Å². The number of anilines is 2. The third kappa shape index (κ3) is 7.93. The summed E-state index contributed by atoms with van der Waals surface area (Å²) >= 11 is 0. The number of amides is 2. The summed E-state index contributed by atoms with van der Waals surface area (Å²) < 4.78 is 10.0. The molecule has 2 unspecified atom stereocenters. The predicted octanol–water partition coefficient (Wildman–Crippen LogP) is 1.28. The first-order valence-corrected chi connectivity index (χ1v) is 12.4. The Labute approximate surface area is 229 Å². The van der Waals surface area contributed by atoms with Crippen molar-refractivity contribution >= 4 is 35.4 Å². The molecular weight excluding hydrogens is 520 g/mol. The van der Waals surface area contributed by atoms with Crippen LogP contribution in [0.2, 0.25) is 0 Å². The molecule has 0 bridgehead atoms. The quantitative estimate of drug-likeness (QED) is 0.235. The highest BCUT2D eigenvalue weighted by molar-refractivity contribution is 6.01. The molecule has 0 saturated carbocycles. The van der Waals surface area contributed by atoms with Crippen LogP contribution in [0.1, 0.15) is 70.9 Å². The first-order valence-electron chi connectivity index (χ1n) is 12.4. The zero-order valence-corrected chi connectivity index (χ0v) is 22.0. The summed E-state index contributed by atoms with van der Waals surface area (Å²) in [5.41, 5.74) is 12.4. The molecule has 0 spiro atoms. The molecule has 14 nitrogen and oxygen atoms in total. The summed E-state index contributed by atoms with van der Waals surface area (Å²) in [5, 5.41) is 5.33. The molecule has 14 heteroatoms. The number of aromatic nitrogens is 4. The molecule has 2 atom stereocenters. The van der Waals surface area contributed by atoms with Gasteiger partial charge in [-0.15, -0.1) is 0 Å². The number of nitrogens with one attached hydrogen (secondary N) is 2. The van der Waals surface area contributed by atoms with Gasteiger partial charge >= 0.3 is 11.9 Å². The maximum Gasteiger partial charge on any atom is 0.308 e. The van der Waals surface area contributed by atoms with E-state index in [-0.39, 0.29) is 49.1 Å². The van der Waals surface area contributed by atoms with Gasteiger partial charge in [-0.2, -0.15) is 0 Å². The van der Waals surface area contributed by atoms with Crippen LogP contribution < -0.4 is 22.1 Å². The molecule has 0 fully saturated rings. The Hall–Kier alpha value is -5.14. The second-order valence-corrected chi connectivity index (χ2v) is 8.33. The number of hydrogen-bond acceptors (Lipinski definition) is 12. The number of pyridine rings is 2. The number of nitrogens with zero attached hydrogens (tertiary/aromatic N) is 4. The molecular formula is C26H30N8O6. The average Bonchev–Trinajstić information content (AvgIpc) is 2.94. The van der Waals surface area contributed by atoms with E-state index in [1.807, 2.05) is 0 Å². The molecule has 0 aliphatic rings. The second-order valence-electron chi connectivity index (χ2n) is 8.33. The standard InChI is InChI=1S/C26H30N8O6/c1-3-39-19(35)11-17(15-7-5-9-29-13-15)31-25(37)21-23(27)34-22(24(28)33-21)26(38)32-18(12-20(36)40-4-2)16-8-6-10-30-14-16/h5-10,13-14,17-18H,3-4,11-12H2,1-2H3,(H2,28,33)(H2,27,34)(H,31,37)(H,32,38). The Morgan fingerprint density at radius 3 is 1.48 bits per heavy atom. The molecule has 0 saturated heterocycles. The lowest BCUT2D eigenvalue weighted by Crippen LogP contribution is -2.34. The van der Waals surface area contributed by atoms with E-state index in [1.54, 1.807) is 50.5 Å². The number of carbonyl (C=O) groups excluding carboxylic acids is 4. The van der Waals surface area contributed by atoms with Crippen LogP contribution in [0.3, 0.4) is 0 Å². The zero-order chi connectivity index (χ0) is 29.1. The first-order chi connectivity index (χ1) is 19.2. The number of ether oxygens (including phenoxy) is 2. The Balaban J connectivity index is 1.82. The van der Waals surface area contributed by atoms with Crippen molar-refractivity contribution in [2.24, 2.45) is 0 Å². The van der Waals surface area contributed by atoms with Crippen LogP contribution >= 0.6 is 0 Å². The lowest BCUT2D eigenvalue weighted by Gasteiger charge is -2.20. The molecule has 0 aromatic carbocycles. The summed E-state index contributed by atoms with van der Waals surface area (Å²) in [6.07, 6.45) is 5.74. The molecule has 3 heterocycles. The van der Waals surface area contributed by atoms with E-state index < -0.39 is 35.8 Å². The van der Waals surface area contributed by atoms with Crippen LogP contribution in [-0.4, -0.2) is 56.9 Å². The fourth-order valence-corrected chi connectivity index (χ4v) is 3.69. The normalized spacial score (nSPS) is 12.1. The van der Waals surface area contributed by atoms with Gasteiger partial charge in [0.1, 0.15) is 0 Å². The number of nitrogens with two attached hydrogens (primary N) is 2. The highest BCUT2D eigenvalue weighted by Gasteiger charge is 2.27. The zero-order valence-electron chi connectivity index (χ0n) is 22.0. The minimum Gasteiger partial charge on any atom is -0.466 e. The van der Waals surface area contributed by atoms with Crippen molar-refractivity contribution in [3.63, 3.8) is 0 Å². The van der Waals surface area contributed by atoms with Crippen LogP contribution in [-0.2, 0) is 19.1 Å². The predicted molar refractivity (Wildman–Crippen MR) is 142 cm³/mol. The Morgan fingerprint density at radius 2 is 1.15 bits per heavy atom.